The van der Waals surface area contributed by atoms with Gasteiger partial charge in [0.2, 0.25) is 0 Å². The number of nitrogens with zero attached hydrogens (tertiary/aromatic N) is 2. The highest BCUT2D eigenvalue weighted by Gasteiger charge is 2.31. The zero-order chi connectivity index (χ0) is 18.5. The molecular formula is C21H21N3O2. The third-order valence-corrected chi connectivity index (χ3v) is 4.62. The lowest BCUT2D eigenvalue weighted by Gasteiger charge is -2.26. The number of carbonyl (C=O) groups excluding carboxylic acids is 1. The summed E-state index contributed by atoms with van der Waals surface area (Å²) in [5.41, 5.74) is 1.54. The molecule has 0 bridgehead atoms. The normalized spacial score (nSPS) is 16.6. The molecule has 5 heteroatoms. The van der Waals surface area contributed by atoms with E-state index in [0.29, 0.717) is 34.4 Å². The maximum Gasteiger partial charge on any atom is 0.266 e. The molecule has 1 unspecified atom stereocenters. The average molecular weight is 347 g/mol. The van der Waals surface area contributed by atoms with Gasteiger partial charge in [-0.25, -0.2) is 4.98 Å². The first-order chi connectivity index (χ1) is 12.3. The molecule has 1 N–H and O–H groups in total. The number of nitrogens with one attached hydrogen (secondary N) is 1. The Balaban J connectivity index is 2.09. The third-order valence-electron chi connectivity index (χ3n) is 4.62. The zero-order valence-electron chi connectivity index (χ0n) is 15.1. The minimum atomic E-state index is -0.341. The van der Waals surface area contributed by atoms with Crippen LogP contribution in [0.3, 0.4) is 0 Å². The Kier molecular flexibility index (Phi) is 3.68. The molecule has 0 fully saturated rings. The van der Waals surface area contributed by atoms with Gasteiger partial charge in [-0.2, -0.15) is 0 Å². The number of aromatic nitrogens is 2. The van der Waals surface area contributed by atoms with Crippen LogP contribution in [-0.4, -0.2) is 15.5 Å². The fraction of sp³-hybridized carbons (Fsp3) is 0.286. The van der Waals surface area contributed by atoms with Crippen LogP contribution in [0.1, 0.15) is 49.4 Å². The molecule has 0 spiro atoms. The van der Waals surface area contributed by atoms with Crippen molar-refractivity contribution < 1.29 is 4.79 Å². The van der Waals surface area contributed by atoms with Crippen LogP contribution in [0.25, 0.3) is 16.6 Å². The van der Waals surface area contributed by atoms with Crippen molar-refractivity contribution in [3.8, 4) is 5.69 Å². The summed E-state index contributed by atoms with van der Waals surface area (Å²) < 4.78 is 1.60. The summed E-state index contributed by atoms with van der Waals surface area (Å²) in [5, 5.41) is 3.63. The summed E-state index contributed by atoms with van der Waals surface area (Å²) in [6.45, 7) is 6.34. The Morgan fingerprint density at radius 2 is 1.73 bits per heavy atom. The Morgan fingerprint density at radius 3 is 2.50 bits per heavy atom. The molecule has 5 nitrogen and oxygen atoms in total. The van der Waals surface area contributed by atoms with Gasteiger partial charge in [0.15, 0.2) is 0 Å². The third kappa shape index (κ3) is 2.69. The monoisotopic (exact) mass is 347 g/mol. The number of amides is 1. The number of benzene rings is 2. The largest absolute Gasteiger partial charge is 0.342 e. The SMILES string of the molecule is CC(C)(C)CC1NC(=O)c2ccccc2-n2c1nc1ccccc1c2=O. The van der Waals surface area contributed by atoms with Crippen LogP contribution >= 0.6 is 0 Å². The maximum atomic E-state index is 13.3. The summed E-state index contributed by atoms with van der Waals surface area (Å²) in [7, 11) is 0. The topological polar surface area (TPSA) is 64.0 Å². The zero-order valence-corrected chi connectivity index (χ0v) is 15.1. The van der Waals surface area contributed by atoms with Gasteiger partial charge >= 0.3 is 0 Å². The highest BCUT2D eigenvalue weighted by molar-refractivity contribution is 5.98. The van der Waals surface area contributed by atoms with E-state index in [0.717, 1.165) is 0 Å². The molecule has 1 aliphatic heterocycles. The lowest BCUT2D eigenvalue weighted by atomic mass is 9.87. The van der Waals surface area contributed by atoms with Crippen molar-refractivity contribution in [2.24, 2.45) is 5.41 Å². The van der Waals surface area contributed by atoms with Crippen molar-refractivity contribution in [3.63, 3.8) is 0 Å². The van der Waals surface area contributed by atoms with E-state index < -0.39 is 0 Å². The molecule has 0 saturated carbocycles. The van der Waals surface area contributed by atoms with E-state index in [9.17, 15) is 9.59 Å². The van der Waals surface area contributed by atoms with E-state index in [1.807, 2.05) is 30.3 Å². The fourth-order valence-corrected chi connectivity index (χ4v) is 3.53. The van der Waals surface area contributed by atoms with Gasteiger partial charge in [-0.05, 0) is 36.1 Å². The lowest BCUT2D eigenvalue weighted by Crippen LogP contribution is -2.33. The predicted octanol–water partition coefficient (Wildman–Crippen LogP) is 3.61. The minimum Gasteiger partial charge on any atom is -0.342 e. The second-order valence-electron chi connectivity index (χ2n) is 7.94. The number of carbonyl (C=O) groups is 1. The van der Waals surface area contributed by atoms with Gasteiger partial charge in [0.1, 0.15) is 5.82 Å². The molecule has 1 aromatic heterocycles. The van der Waals surface area contributed by atoms with Crippen molar-refractivity contribution in [1.29, 1.82) is 0 Å². The first-order valence-electron chi connectivity index (χ1n) is 8.77. The van der Waals surface area contributed by atoms with E-state index >= 15 is 0 Å². The molecule has 0 aliphatic carbocycles. The van der Waals surface area contributed by atoms with Gasteiger partial charge < -0.3 is 5.32 Å². The van der Waals surface area contributed by atoms with Gasteiger partial charge in [-0.1, -0.05) is 45.0 Å². The number of fused-ring (bicyclic) bond motifs is 4. The van der Waals surface area contributed by atoms with Crippen molar-refractivity contribution in [2.75, 3.05) is 0 Å². The highest BCUT2D eigenvalue weighted by Crippen LogP contribution is 2.32. The van der Waals surface area contributed by atoms with Crippen molar-refractivity contribution in [1.82, 2.24) is 14.9 Å². The molecule has 2 aromatic carbocycles. The average Bonchev–Trinajstić information content (AvgIpc) is 2.70. The number of para-hydroxylation sites is 2. The summed E-state index contributed by atoms with van der Waals surface area (Å²) in [6.07, 6.45) is 0.678. The quantitative estimate of drug-likeness (QED) is 0.731. The molecule has 26 heavy (non-hydrogen) atoms. The molecule has 4 rings (SSSR count). The smallest absolute Gasteiger partial charge is 0.266 e. The van der Waals surface area contributed by atoms with Crippen LogP contribution in [0.4, 0.5) is 0 Å². The molecular weight excluding hydrogens is 326 g/mol. The van der Waals surface area contributed by atoms with Crippen molar-refractivity contribution in [2.45, 2.75) is 33.2 Å². The Labute approximate surface area is 151 Å². The van der Waals surface area contributed by atoms with Crippen LogP contribution in [0.2, 0.25) is 0 Å². The van der Waals surface area contributed by atoms with E-state index in [4.69, 9.17) is 4.98 Å². The first kappa shape index (κ1) is 16.5. The van der Waals surface area contributed by atoms with E-state index in [1.165, 1.54) is 0 Å². The second-order valence-corrected chi connectivity index (χ2v) is 7.94. The van der Waals surface area contributed by atoms with E-state index in [-0.39, 0.29) is 22.9 Å². The second kappa shape index (κ2) is 5.80. The Morgan fingerprint density at radius 1 is 1.04 bits per heavy atom. The molecule has 0 radical (unpaired) electrons. The molecule has 1 aliphatic rings. The van der Waals surface area contributed by atoms with Crippen molar-refractivity contribution >= 4 is 16.8 Å². The molecule has 2 heterocycles. The minimum absolute atomic E-state index is 0.0390. The summed E-state index contributed by atoms with van der Waals surface area (Å²) in [6, 6.07) is 14.2. The fourth-order valence-electron chi connectivity index (χ4n) is 3.53. The Hall–Kier alpha value is -2.95. The van der Waals surface area contributed by atoms with Crippen LogP contribution < -0.4 is 10.9 Å². The van der Waals surface area contributed by atoms with Gasteiger partial charge in [0.05, 0.1) is 28.2 Å². The van der Waals surface area contributed by atoms with Gasteiger partial charge in [0, 0.05) is 0 Å². The van der Waals surface area contributed by atoms with E-state index in [2.05, 4.69) is 26.1 Å². The predicted molar refractivity (Wildman–Crippen MR) is 102 cm³/mol. The van der Waals surface area contributed by atoms with Crippen LogP contribution in [0.5, 0.6) is 0 Å². The first-order valence-corrected chi connectivity index (χ1v) is 8.77. The number of hydrogen-bond acceptors (Lipinski definition) is 3. The van der Waals surface area contributed by atoms with Gasteiger partial charge in [-0.15, -0.1) is 0 Å². The molecule has 3 aromatic rings. The van der Waals surface area contributed by atoms with Crippen molar-refractivity contribution in [3.05, 3.63) is 70.3 Å². The number of hydrogen-bond donors (Lipinski definition) is 1. The summed E-state index contributed by atoms with van der Waals surface area (Å²) in [5.74, 6) is 0.408. The van der Waals surface area contributed by atoms with Crippen LogP contribution in [-0.2, 0) is 0 Å². The summed E-state index contributed by atoms with van der Waals surface area (Å²) in [4.78, 5) is 30.9. The molecule has 1 atom stereocenters. The molecule has 0 saturated heterocycles. The summed E-state index contributed by atoms with van der Waals surface area (Å²) >= 11 is 0. The maximum absolute atomic E-state index is 13.3. The van der Waals surface area contributed by atoms with Crippen LogP contribution in [0, 0.1) is 5.41 Å². The van der Waals surface area contributed by atoms with E-state index in [1.54, 1.807) is 22.8 Å². The highest BCUT2D eigenvalue weighted by atomic mass is 16.2. The molecule has 132 valence electrons. The standard InChI is InChI=1S/C21H21N3O2/c1-21(2,3)12-16-18-22-15-10-6-4-8-13(15)20(26)24(18)17-11-7-5-9-14(17)19(25)23-16/h4-11,16H,12H2,1-3H3,(H,23,25). The lowest BCUT2D eigenvalue weighted by molar-refractivity contribution is 0.0927. The van der Waals surface area contributed by atoms with Gasteiger partial charge in [-0.3, -0.25) is 14.2 Å². The Bertz CT molecular complexity index is 1080. The van der Waals surface area contributed by atoms with Gasteiger partial charge in [0.25, 0.3) is 11.5 Å². The number of rotatable bonds is 1. The molecule has 1 amide bonds. The van der Waals surface area contributed by atoms with Crippen LogP contribution in [0.15, 0.2) is 53.3 Å².